The molecule has 1 saturated heterocycles. The van der Waals surface area contributed by atoms with E-state index in [4.69, 9.17) is 14.2 Å². The van der Waals surface area contributed by atoms with E-state index in [-0.39, 0.29) is 0 Å². The molecule has 1 aliphatic carbocycles. The van der Waals surface area contributed by atoms with Crippen LogP contribution in [0.1, 0.15) is 126 Å². The third-order valence-electron chi connectivity index (χ3n) is 10.2. The number of likely N-dealkylation sites (tertiary alicyclic amines) is 1. The van der Waals surface area contributed by atoms with Gasteiger partial charge in [0.25, 0.3) is 0 Å². The lowest BCUT2D eigenvalue weighted by molar-refractivity contribution is -0.146. The van der Waals surface area contributed by atoms with E-state index < -0.39 is 12.1 Å². The quantitative estimate of drug-likeness (QED) is 0.121. The zero-order valence-corrected chi connectivity index (χ0v) is 29.6. The van der Waals surface area contributed by atoms with E-state index in [2.05, 4.69) is 42.2 Å². The summed E-state index contributed by atoms with van der Waals surface area (Å²) in [6.45, 7) is 5.85. The summed E-state index contributed by atoms with van der Waals surface area (Å²) in [6, 6.07) is 14.7. The average molecular weight is 648 g/mol. The van der Waals surface area contributed by atoms with Crippen LogP contribution in [0.4, 0.5) is 0 Å². The summed E-state index contributed by atoms with van der Waals surface area (Å²) < 4.78 is 17.5. The van der Waals surface area contributed by atoms with Gasteiger partial charge in [-0.3, -0.25) is 4.90 Å². The van der Waals surface area contributed by atoms with Gasteiger partial charge in [0.1, 0.15) is 0 Å². The maximum Gasteiger partial charge on any atom is 0.337 e. The van der Waals surface area contributed by atoms with Crippen LogP contribution in [0.2, 0.25) is 0 Å². The smallest absolute Gasteiger partial charge is 0.337 e. The first-order valence-corrected chi connectivity index (χ1v) is 18.6. The van der Waals surface area contributed by atoms with Crippen LogP contribution < -0.4 is 9.47 Å². The number of aliphatic carboxylic acids is 1. The predicted octanol–water partition coefficient (Wildman–Crippen LogP) is 9.88. The molecule has 260 valence electrons. The Morgan fingerprint density at radius 2 is 1.40 bits per heavy atom. The summed E-state index contributed by atoms with van der Waals surface area (Å²) in [5.41, 5.74) is 5.45. The van der Waals surface area contributed by atoms with Crippen molar-refractivity contribution in [2.45, 2.75) is 129 Å². The molecule has 47 heavy (non-hydrogen) atoms. The predicted molar refractivity (Wildman–Crippen MR) is 192 cm³/mol. The second kappa shape index (κ2) is 20.5. The zero-order chi connectivity index (χ0) is 33.3. The molecule has 2 aliphatic rings. The Balaban J connectivity index is 1.31. The normalized spacial score (nSPS) is 16.0. The Morgan fingerprint density at radius 3 is 1.98 bits per heavy atom. The maximum absolute atomic E-state index is 12.8. The molecule has 6 heteroatoms. The van der Waals surface area contributed by atoms with E-state index in [0.717, 1.165) is 74.9 Å². The van der Waals surface area contributed by atoms with Gasteiger partial charge in [-0.1, -0.05) is 120 Å². The highest BCUT2D eigenvalue weighted by Gasteiger charge is 2.35. The first-order valence-electron chi connectivity index (χ1n) is 18.6. The SMILES string of the molecule is CCCCCCCCCCCCCCCOC(C(=O)O)C1=C(CC2CCN(Cc3ccccc3)CC2)Cc2cc(OC)c(OC)cc21. The second-order valence-electron chi connectivity index (χ2n) is 13.8. The number of carbonyl (C=O) groups is 1. The van der Waals surface area contributed by atoms with E-state index in [9.17, 15) is 9.90 Å². The number of carboxylic acids is 1. The van der Waals surface area contributed by atoms with Gasteiger partial charge >= 0.3 is 5.97 Å². The summed E-state index contributed by atoms with van der Waals surface area (Å²) >= 11 is 0. The van der Waals surface area contributed by atoms with Gasteiger partial charge in [0, 0.05) is 13.2 Å². The summed E-state index contributed by atoms with van der Waals surface area (Å²) in [5.74, 6) is 0.925. The number of hydrogen-bond acceptors (Lipinski definition) is 5. The number of methoxy groups -OCH3 is 2. The molecule has 0 amide bonds. The number of carboxylic acid groups (broad SMARTS) is 1. The largest absolute Gasteiger partial charge is 0.493 e. The molecule has 1 aliphatic heterocycles. The van der Waals surface area contributed by atoms with Crippen molar-refractivity contribution < 1.29 is 24.1 Å². The molecule has 2 aromatic rings. The van der Waals surface area contributed by atoms with Crippen molar-refractivity contribution >= 4 is 11.5 Å². The van der Waals surface area contributed by atoms with Crippen LogP contribution in [0.15, 0.2) is 48.0 Å². The minimum absolute atomic E-state index is 0.464. The van der Waals surface area contributed by atoms with Crippen molar-refractivity contribution in [1.29, 1.82) is 0 Å². The zero-order valence-electron chi connectivity index (χ0n) is 29.6. The third kappa shape index (κ3) is 11.7. The number of piperidine rings is 1. The lowest BCUT2D eigenvalue weighted by Gasteiger charge is -2.32. The van der Waals surface area contributed by atoms with Gasteiger partial charge in [-0.15, -0.1) is 0 Å². The number of hydrogen-bond donors (Lipinski definition) is 1. The Bertz CT molecular complexity index is 1230. The average Bonchev–Trinajstić information content (AvgIpc) is 3.43. The standard InChI is InChI=1S/C41H61NO5/c1-4-5-6-7-8-9-10-11-12-13-14-15-19-26-47-40(41(43)44)39-35(28-34-29-37(45-2)38(46-3)30-36(34)39)27-32-22-24-42(25-23-32)31-33-20-17-16-18-21-33/h16-18,20-21,29-30,32,40H,4-15,19,22-28,31H2,1-3H3,(H,43,44). The number of ether oxygens (including phenoxy) is 3. The molecule has 2 aromatic carbocycles. The minimum Gasteiger partial charge on any atom is -0.493 e. The molecule has 0 radical (unpaired) electrons. The van der Waals surface area contributed by atoms with Crippen molar-refractivity contribution in [3.8, 4) is 11.5 Å². The van der Waals surface area contributed by atoms with E-state index in [0.29, 0.717) is 24.0 Å². The molecule has 0 saturated carbocycles. The van der Waals surface area contributed by atoms with Crippen LogP contribution in [-0.4, -0.2) is 56.0 Å². The Labute approximate surface area is 284 Å². The van der Waals surface area contributed by atoms with Gasteiger partial charge in [-0.2, -0.15) is 0 Å². The van der Waals surface area contributed by atoms with Gasteiger partial charge in [0.2, 0.25) is 0 Å². The molecule has 0 bridgehead atoms. The number of benzene rings is 2. The van der Waals surface area contributed by atoms with Crippen LogP contribution in [0.25, 0.3) is 5.57 Å². The molecule has 1 N–H and O–H groups in total. The Morgan fingerprint density at radius 1 is 0.830 bits per heavy atom. The van der Waals surface area contributed by atoms with Crippen molar-refractivity contribution in [2.24, 2.45) is 5.92 Å². The third-order valence-corrected chi connectivity index (χ3v) is 10.2. The molecule has 1 unspecified atom stereocenters. The number of allylic oxidation sites excluding steroid dienone is 1. The topological polar surface area (TPSA) is 68.2 Å². The Kier molecular flexibility index (Phi) is 16.2. The highest BCUT2D eigenvalue weighted by molar-refractivity contribution is 5.94. The van der Waals surface area contributed by atoms with E-state index in [1.165, 1.54) is 81.8 Å². The van der Waals surface area contributed by atoms with Crippen LogP contribution in [-0.2, 0) is 22.5 Å². The number of rotatable bonds is 23. The van der Waals surface area contributed by atoms with Crippen molar-refractivity contribution in [3.05, 3.63) is 64.7 Å². The summed E-state index contributed by atoms with van der Waals surface area (Å²) in [5, 5.41) is 10.5. The molecular weight excluding hydrogens is 586 g/mol. The fourth-order valence-electron chi connectivity index (χ4n) is 7.48. The molecule has 6 nitrogen and oxygen atoms in total. The number of nitrogens with zero attached hydrogens (tertiary/aromatic N) is 1. The van der Waals surface area contributed by atoms with Crippen LogP contribution >= 0.6 is 0 Å². The van der Waals surface area contributed by atoms with E-state index in [1.54, 1.807) is 14.2 Å². The molecule has 0 aromatic heterocycles. The summed E-state index contributed by atoms with van der Waals surface area (Å²) in [6.07, 6.45) is 19.6. The highest BCUT2D eigenvalue weighted by Crippen LogP contribution is 2.44. The molecule has 0 spiro atoms. The number of fused-ring (bicyclic) bond motifs is 1. The van der Waals surface area contributed by atoms with Crippen LogP contribution in [0, 0.1) is 5.92 Å². The van der Waals surface area contributed by atoms with Gasteiger partial charge in [-0.25, -0.2) is 4.79 Å². The molecular formula is C41H61NO5. The summed E-state index contributed by atoms with van der Waals surface area (Å²) in [7, 11) is 3.28. The lowest BCUT2D eigenvalue weighted by Crippen LogP contribution is -2.33. The monoisotopic (exact) mass is 647 g/mol. The minimum atomic E-state index is -0.972. The second-order valence-corrected chi connectivity index (χ2v) is 13.8. The van der Waals surface area contributed by atoms with Crippen LogP contribution in [0.5, 0.6) is 11.5 Å². The van der Waals surface area contributed by atoms with Gasteiger partial charge in [0.15, 0.2) is 17.6 Å². The molecule has 1 heterocycles. The van der Waals surface area contributed by atoms with Gasteiger partial charge < -0.3 is 19.3 Å². The van der Waals surface area contributed by atoms with E-state index >= 15 is 0 Å². The van der Waals surface area contributed by atoms with Crippen molar-refractivity contribution in [1.82, 2.24) is 4.90 Å². The first kappa shape index (κ1) is 37.0. The fourth-order valence-corrected chi connectivity index (χ4v) is 7.48. The molecule has 1 atom stereocenters. The molecule has 1 fully saturated rings. The highest BCUT2D eigenvalue weighted by atomic mass is 16.5. The van der Waals surface area contributed by atoms with Gasteiger partial charge in [0.05, 0.1) is 14.2 Å². The van der Waals surface area contributed by atoms with E-state index in [1.807, 2.05) is 12.1 Å². The summed E-state index contributed by atoms with van der Waals surface area (Å²) in [4.78, 5) is 15.3. The van der Waals surface area contributed by atoms with Crippen LogP contribution in [0.3, 0.4) is 0 Å². The molecule has 4 rings (SSSR count). The van der Waals surface area contributed by atoms with Gasteiger partial charge in [-0.05, 0) is 85.5 Å². The Hall–Kier alpha value is -2.83. The maximum atomic E-state index is 12.8. The lowest BCUT2D eigenvalue weighted by atomic mass is 9.87. The number of unbranched alkanes of at least 4 members (excludes halogenated alkanes) is 12. The van der Waals surface area contributed by atoms with Crippen molar-refractivity contribution in [3.63, 3.8) is 0 Å². The van der Waals surface area contributed by atoms with Crippen molar-refractivity contribution in [2.75, 3.05) is 33.9 Å². The first-order chi connectivity index (χ1) is 23.0. The fraction of sp³-hybridized carbons (Fsp3) is 0.634.